The second kappa shape index (κ2) is 6.01. The Morgan fingerprint density at radius 1 is 1.32 bits per heavy atom. The van der Waals surface area contributed by atoms with Crippen molar-refractivity contribution in [3.05, 3.63) is 42.4 Å². The van der Waals surface area contributed by atoms with E-state index >= 15 is 0 Å². The summed E-state index contributed by atoms with van der Waals surface area (Å²) in [5, 5.41) is 10.7. The van der Waals surface area contributed by atoms with Gasteiger partial charge in [-0.15, -0.1) is 5.10 Å². The van der Waals surface area contributed by atoms with Gasteiger partial charge in [-0.05, 0) is 17.5 Å². The number of anilines is 1. The normalized spacial score (nSPS) is 11.2. The van der Waals surface area contributed by atoms with Crippen molar-refractivity contribution in [2.75, 3.05) is 5.32 Å². The number of aryl methyl sites for hydroxylation is 1. The monoisotopic (exact) mass is 297 g/mol. The Morgan fingerprint density at radius 3 is 2.91 bits per heavy atom. The van der Waals surface area contributed by atoms with E-state index in [4.69, 9.17) is 0 Å². The first kappa shape index (κ1) is 14.3. The highest BCUT2D eigenvalue weighted by atomic mass is 16.1. The molecule has 0 radical (unpaired) electrons. The van der Waals surface area contributed by atoms with Gasteiger partial charge < -0.3 is 4.57 Å². The molecule has 2 N–H and O–H groups in total. The zero-order valence-corrected chi connectivity index (χ0v) is 12.7. The summed E-state index contributed by atoms with van der Waals surface area (Å²) in [7, 11) is 0. The lowest BCUT2D eigenvalue weighted by atomic mass is 10.2. The maximum atomic E-state index is 12.0. The molecule has 2 heterocycles. The third-order valence-electron chi connectivity index (χ3n) is 3.56. The number of carbonyl (C=O) groups excluding carboxylic acids is 1. The van der Waals surface area contributed by atoms with Gasteiger partial charge in [0, 0.05) is 30.6 Å². The molecular formula is C16H19N5O. The Hall–Kier alpha value is -2.63. The Morgan fingerprint density at radius 2 is 2.14 bits per heavy atom. The highest BCUT2D eigenvalue weighted by molar-refractivity contribution is 5.89. The molecule has 114 valence electrons. The SMILES string of the molecule is CC(C)c1nc(NC(=O)CCn2ccc3ccccc32)n[nH]1. The number of fused-ring (bicyclic) bond motifs is 1. The minimum absolute atomic E-state index is 0.0907. The number of carbonyl (C=O) groups is 1. The van der Waals surface area contributed by atoms with E-state index in [-0.39, 0.29) is 11.8 Å². The molecule has 6 nitrogen and oxygen atoms in total. The maximum Gasteiger partial charge on any atom is 0.248 e. The highest BCUT2D eigenvalue weighted by Crippen LogP contribution is 2.15. The summed E-state index contributed by atoms with van der Waals surface area (Å²) in [6, 6.07) is 10.2. The van der Waals surface area contributed by atoms with Gasteiger partial charge in [0.05, 0.1) is 0 Å². The van der Waals surface area contributed by atoms with Crippen molar-refractivity contribution in [1.29, 1.82) is 0 Å². The molecule has 1 aromatic carbocycles. The van der Waals surface area contributed by atoms with Gasteiger partial charge in [0.15, 0.2) is 0 Å². The molecule has 0 aliphatic rings. The van der Waals surface area contributed by atoms with Gasteiger partial charge in [-0.3, -0.25) is 15.2 Å². The predicted octanol–water partition coefficient (Wildman–Crippen LogP) is 2.91. The second-order valence-corrected chi connectivity index (χ2v) is 5.57. The number of nitrogens with one attached hydrogen (secondary N) is 2. The van der Waals surface area contributed by atoms with E-state index in [2.05, 4.69) is 43.3 Å². The zero-order chi connectivity index (χ0) is 15.5. The van der Waals surface area contributed by atoms with Crippen LogP contribution < -0.4 is 5.32 Å². The summed E-state index contributed by atoms with van der Waals surface area (Å²) in [5.74, 6) is 1.27. The van der Waals surface area contributed by atoms with Gasteiger partial charge in [-0.2, -0.15) is 4.98 Å². The quantitative estimate of drug-likeness (QED) is 0.760. The fourth-order valence-corrected chi connectivity index (χ4v) is 2.33. The first-order chi connectivity index (χ1) is 10.6. The number of hydrogen-bond acceptors (Lipinski definition) is 3. The van der Waals surface area contributed by atoms with E-state index in [1.54, 1.807) is 0 Å². The number of rotatable bonds is 5. The Bertz CT molecular complexity index is 787. The first-order valence-electron chi connectivity index (χ1n) is 7.39. The van der Waals surface area contributed by atoms with Gasteiger partial charge in [-0.25, -0.2) is 0 Å². The molecule has 0 unspecified atom stereocenters. The van der Waals surface area contributed by atoms with Crippen molar-refractivity contribution < 1.29 is 4.79 Å². The standard InChI is InChI=1S/C16H19N5O/c1-11(2)15-18-16(20-19-15)17-14(22)8-10-21-9-7-12-5-3-4-6-13(12)21/h3-7,9,11H,8,10H2,1-2H3,(H2,17,18,19,20,22). The van der Waals surface area contributed by atoms with Gasteiger partial charge in [-0.1, -0.05) is 32.0 Å². The van der Waals surface area contributed by atoms with Crippen LogP contribution in [0.1, 0.15) is 32.0 Å². The third kappa shape index (κ3) is 3.00. The van der Waals surface area contributed by atoms with Crippen molar-refractivity contribution in [2.24, 2.45) is 0 Å². The molecule has 0 saturated heterocycles. The van der Waals surface area contributed by atoms with E-state index in [0.717, 1.165) is 11.3 Å². The zero-order valence-electron chi connectivity index (χ0n) is 12.7. The van der Waals surface area contributed by atoms with Crippen molar-refractivity contribution in [3.8, 4) is 0 Å². The Labute approximate surface area is 128 Å². The number of nitrogens with zero attached hydrogens (tertiary/aromatic N) is 3. The molecule has 0 atom stereocenters. The molecule has 0 bridgehead atoms. The van der Waals surface area contributed by atoms with E-state index < -0.39 is 0 Å². The van der Waals surface area contributed by atoms with Gasteiger partial charge in [0.2, 0.25) is 11.9 Å². The molecule has 3 rings (SSSR count). The van der Waals surface area contributed by atoms with Crippen LogP contribution in [0.4, 0.5) is 5.95 Å². The molecule has 6 heteroatoms. The summed E-state index contributed by atoms with van der Waals surface area (Å²) >= 11 is 0. The number of aromatic nitrogens is 4. The summed E-state index contributed by atoms with van der Waals surface area (Å²) in [4.78, 5) is 16.2. The van der Waals surface area contributed by atoms with Crippen LogP contribution >= 0.6 is 0 Å². The molecular weight excluding hydrogens is 278 g/mol. The largest absolute Gasteiger partial charge is 0.347 e. The van der Waals surface area contributed by atoms with Crippen LogP contribution in [0.25, 0.3) is 10.9 Å². The Balaban J connectivity index is 1.60. The van der Waals surface area contributed by atoms with E-state index in [9.17, 15) is 4.79 Å². The molecule has 2 aromatic heterocycles. The van der Waals surface area contributed by atoms with E-state index in [1.807, 2.05) is 32.2 Å². The topological polar surface area (TPSA) is 75.6 Å². The minimum Gasteiger partial charge on any atom is -0.347 e. The van der Waals surface area contributed by atoms with Gasteiger partial charge in [0.25, 0.3) is 0 Å². The molecule has 3 aromatic rings. The summed E-state index contributed by atoms with van der Waals surface area (Å²) < 4.78 is 2.08. The third-order valence-corrected chi connectivity index (χ3v) is 3.56. The maximum absolute atomic E-state index is 12.0. The van der Waals surface area contributed by atoms with Crippen molar-refractivity contribution in [1.82, 2.24) is 19.7 Å². The lowest BCUT2D eigenvalue weighted by Gasteiger charge is -2.05. The predicted molar refractivity (Wildman–Crippen MR) is 85.7 cm³/mol. The van der Waals surface area contributed by atoms with E-state index in [0.29, 0.717) is 18.9 Å². The second-order valence-electron chi connectivity index (χ2n) is 5.57. The summed E-state index contributed by atoms with van der Waals surface area (Å²) in [5.41, 5.74) is 1.13. The fourth-order valence-electron chi connectivity index (χ4n) is 2.33. The first-order valence-corrected chi connectivity index (χ1v) is 7.39. The molecule has 0 spiro atoms. The fraction of sp³-hybridized carbons (Fsp3) is 0.312. The van der Waals surface area contributed by atoms with Crippen LogP contribution in [-0.2, 0) is 11.3 Å². The number of H-pyrrole nitrogens is 1. The number of aromatic amines is 1. The number of hydrogen-bond donors (Lipinski definition) is 2. The lowest BCUT2D eigenvalue weighted by molar-refractivity contribution is -0.116. The van der Waals surface area contributed by atoms with Gasteiger partial charge >= 0.3 is 0 Å². The van der Waals surface area contributed by atoms with Crippen LogP contribution in [0, 0.1) is 0 Å². The van der Waals surface area contributed by atoms with Crippen LogP contribution in [0.3, 0.4) is 0 Å². The molecule has 0 fully saturated rings. The van der Waals surface area contributed by atoms with Crippen LogP contribution in [0.5, 0.6) is 0 Å². The van der Waals surface area contributed by atoms with Gasteiger partial charge in [0.1, 0.15) is 5.82 Å². The van der Waals surface area contributed by atoms with E-state index in [1.165, 1.54) is 5.39 Å². The molecule has 0 aliphatic carbocycles. The smallest absolute Gasteiger partial charge is 0.248 e. The van der Waals surface area contributed by atoms with Crippen molar-refractivity contribution >= 4 is 22.8 Å². The lowest BCUT2D eigenvalue weighted by Crippen LogP contribution is -2.15. The average Bonchev–Trinajstić information content (AvgIpc) is 3.12. The number of amides is 1. The number of benzene rings is 1. The Kier molecular flexibility index (Phi) is 3.91. The van der Waals surface area contributed by atoms with Crippen molar-refractivity contribution in [2.45, 2.75) is 32.7 Å². The van der Waals surface area contributed by atoms with Crippen LogP contribution in [0.15, 0.2) is 36.5 Å². The van der Waals surface area contributed by atoms with Crippen LogP contribution in [0.2, 0.25) is 0 Å². The molecule has 1 amide bonds. The van der Waals surface area contributed by atoms with Crippen LogP contribution in [-0.4, -0.2) is 25.7 Å². The molecule has 0 saturated carbocycles. The highest BCUT2D eigenvalue weighted by Gasteiger charge is 2.10. The molecule has 22 heavy (non-hydrogen) atoms. The average molecular weight is 297 g/mol. The molecule has 0 aliphatic heterocycles. The minimum atomic E-state index is -0.0907. The summed E-state index contributed by atoms with van der Waals surface area (Å²) in [6.45, 7) is 4.66. The number of para-hydroxylation sites is 1. The summed E-state index contributed by atoms with van der Waals surface area (Å²) in [6.07, 6.45) is 2.38. The van der Waals surface area contributed by atoms with Crippen molar-refractivity contribution in [3.63, 3.8) is 0 Å².